The molecule has 0 spiro atoms. The summed E-state index contributed by atoms with van der Waals surface area (Å²) < 4.78 is 4.88. The smallest absolute Gasteiger partial charge is 0.311 e. The first kappa shape index (κ1) is 14.4. The number of nitro groups is 1. The fourth-order valence-electron chi connectivity index (χ4n) is 1.72. The van der Waals surface area contributed by atoms with Gasteiger partial charge in [0, 0.05) is 24.6 Å². The van der Waals surface area contributed by atoms with Crippen LogP contribution in [0.3, 0.4) is 0 Å². The van der Waals surface area contributed by atoms with Crippen LogP contribution >= 0.6 is 0 Å². The molecule has 110 valence electrons. The monoisotopic (exact) mass is 291 g/mol. The molecule has 0 aliphatic rings. The Labute approximate surface area is 119 Å². The van der Waals surface area contributed by atoms with Gasteiger partial charge in [-0.15, -0.1) is 0 Å². The minimum atomic E-state index is -0.593. The maximum Gasteiger partial charge on any atom is 0.311 e. The van der Waals surface area contributed by atoms with E-state index in [9.17, 15) is 14.9 Å². The largest absolute Gasteiger partial charge is 0.490 e. The zero-order chi connectivity index (χ0) is 15.2. The maximum absolute atomic E-state index is 11.9. The molecule has 0 fully saturated rings. The standard InChI is InChI=1S/C12H13N5O4/c1-21-10-3-2-8(6-9(10)17(19)20)12(18)13-5-4-11-14-7-15-16-11/h2-3,6-7H,4-5H2,1H3,(H,13,18)(H,14,15,16). The van der Waals surface area contributed by atoms with Gasteiger partial charge in [0.05, 0.1) is 12.0 Å². The lowest BCUT2D eigenvalue weighted by Gasteiger charge is -2.06. The highest BCUT2D eigenvalue weighted by atomic mass is 16.6. The number of rotatable bonds is 6. The molecule has 0 radical (unpaired) electrons. The number of hydrogen-bond acceptors (Lipinski definition) is 6. The Morgan fingerprint density at radius 3 is 2.95 bits per heavy atom. The molecule has 2 rings (SSSR count). The van der Waals surface area contributed by atoms with Gasteiger partial charge in [-0.05, 0) is 12.1 Å². The van der Waals surface area contributed by atoms with Crippen LogP contribution in [0.15, 0.2) is 24.5 Å². The van der Waals surface area contributed by atoms with E-state index in [0.29, 0.717) is 18.8 Å². The highest BCUT2D eigenvalue weighted by Crippen LogP contribution is 2.27. The first-order valence-corrected chi connectivity index (χ1v) is 6.06. The van der Waals surface area contributed by atoms with Gasteiger partial charge in [0.2, 0.25) is 0 Å². The molecule has 0 unspecified atom stereocenters. The minimum Gasteiger partial charge on any atom is -0.490 e. The lowest BCUT2D eigenvalue weighted by atomic mass is 10.1. The second kappa shape index (κ2) is 6.46. The molecular weight excluding hydrogens is 278 g/mol. The fraction of sp³-hybridized carbons (Fsp3) is 0.250. The van der Waals surface area contributed by atoms with E-state index in [2.05, 4.69) is 20.5 Å². The number of H-pyrrole nitrogens is 1. The van der Waals surface area contributed by atoms with Crippen LogP contribution in [0.4, 0.5) is 5.69 Å². The average molecular weight is 291 g/mol. The third-order valence-corrected chi connectivity index (χ3v) is 2.75. The molecule has 9 nitrogen and oxygen atoms in total. The second-order valence-electron chi connectivity index (χ2n) is 4.08. The van der Waals surface area contributed by atoms with Crippen molar-refractivity contribution in [3.05, 3.63) is 46.0 Å². The maximum atomic E-state index is 11.9. The van der Waals surface area contributed by atoms with Gasteiger partial charge in [0.25, 0.3) is 5.91 Å². The van der Waals surface area contributed by atoms with Gasteiger partial charge in [0.1, 0.15) is 12.2 Å². The molecule has 2 N–H and O–H groups in total. The van der Waals surface area contributed by atoms with Gasteiger partial charge >= 0.3 is 5.69 Å². The topological polar surface area (TPSA) is 123 Å². The number of nitrogens with zero attached hydrogens (tertiary/aromatic N) is 3. The Bertz CT molecular complexity index is 641. The van der Waals surface area contributed by atoms with Gasteiger partial charge in [-0.3, -0.25) is 20.0 Å². The summed E-state index contributed by atoms with van der Waals surface area (Å²) in [5, 5.41) is 19.9. The van der Waals surface area contributed by atoms with E-state index in [1.807, 2.05) is 0 Å². The molecule has 2 aromatic rings. The van der Waals surface area contributed by atoms with Crippen molar-refractivity contribution in [3.63, 3.8) is 0 Å². The predicted molar refractivity (Wildman–Crippen MR) is 72.1 cm³/mol. The lowest BCUT2D eigenvalue weighted by molar-refractivity contribution is -0.385. The number of carbonyl (C=O) groups excluding carboxylic acids is 1. The Hall–Kier alpha value is -2.97. The molecule has 1 aromatic carbocycles. The van der Waals surface area contributed by atoms with Gasteiger partial charge in [-0.25, -0.2) is 4.98 Å². The lowest BCUT2D eigenvalue weighted by Crippen LogP contribution is -2.26. The van der Waals surface area contributed by atoms with Crippen LogP contribution in [0.2, 0.25) is 0 Å². The van der Waals surface area contributed by atoms with Crippen LogP contribution in [0.1, 0.15) is 16.2 Å². The number of nitro benzene ring substituents is 1. The van der Waals surface area contributed by atoms with Crippen molar-refractivity contribution < 1.29 is 14.5 Å². The van der Waals surface area contributed by atoms with Crippen molar-refractivity contribution in [1.29, 1.82) is 0 Å². The molecule has 1 aromatic heterocycles. The van der Waals surface area contributed by atoms with Crippen LogP contribution in [0, 0.1) is 10.1 Å². The molecule has 1 heterocycles. The molecule has 0 saturated heterocycles. The fourth-order valence-corrected chi connectivity index (χ4v) is 1.72. The summed E-state index contributed by atoms with van der Waals surface area (Å²) in [6.07, 6.45) is 1.87. The molecule has 1 amide bonds. The van der Waals surface area contributed by atoms with Crippen LogP contribution in [-0.2, 0) is 6.42 Å². The number of carbonyl (C=O) groups is 1. The van der Waals surface area contributed by atoms with Crippen molar-refractivity contribution in [1.82, 2.24) is 20.5 Å². The third kappa shape index (κ3) is 3.53. The van der Waals surface area contributed by atoms with Crippen molar-refractivity contribution in [2.45, 2.75) is 6.42 Å². The number of ether oxygens (including phenoxy) is 1. The summed E-state index contributed by atoms with van der Waals surface area (Å²) in [6.45, 7) is 0.341. The molecule has 0 saturated carbocycles. The zero-order valence-corrected chi connectivity index (χ0v) is 11.2. The summed E-state index contributed by atoms with van der Waals surface area (Å²) >= 11 is 0. The van der Waals surface area contributed by atoms with E-state index in [0.717, 1.165) is 0 Å². The predicted octanol–water partition coefficient (Wildman–Crippen LogP) is 0.694. The summed E-state index contributed by atoms with van der Waals surface area (Å²) in [4.78, 5) is 26.2. The van der Waals surface area contributed by atoms with Gasteiger partial charge in [0.15, 0.2) is 5.75 Å². The van der Waals surface area contributed by atoms with Crippen LogP contribution in [0.25, 0.3) is 0 Å². The van der Waals surface area contributed by atoms with Crippen molar-refractivity contribution in [2.24, 2.45) is 0 Å². The quantitative estimate of drug-likeness (QED) is 0.596. The summed E-state index contributed by atoms with van der Waals surface area (Å²) in [7, 11) is 1.33. The number of aromatic nitrogens is 3. The highest BCUT2D eigenvalue weighted by Gasteiger charge is 2.17. The number of benzene rings is 1. The first-order valence-electron chi connectivity index (χ1n) is 6.06. The Balaban J connectivity index is 2.01. The highest BCUT2D eigenvalue weighted by molar-refractivity contribution is 5.95. The van der Waals surface area contributed by atoms with E-state index < -0.39 is 10.8 Å². The Morgan fingerprint density at radius 2 is 2.33 bits per heavy atom. The number of nitrogens with one attached hydrogen (secondary N) is 2. The number of hydrogen-bond donors (Lipinski definition) is 2. The van der Waals surface area contributed by atoms with Gasteiger partial charge < -0.3 is 10.1 Å². The molecule has 21 heavy (non-hydrogen) atoms. The molecule has 0 atom stereocenters. The van der Waals surface area contributed by atoms with Crippen LogP contribution in [0.5, 0.6) is 5.75 Å². The normalized spacial score (nSPS) is 10.1. The van der Waals surface area contributed by atoms with Gasteiger partial charge in [-0.2, -0.15) is 5.10 Å². The Kier molecular flexibility index (Phi) is 4.44. The Morgan fingerprint density at radius 1 is 1.52 bits per heavy atom. The van der Waals surface area contributed by atoms with Gasteiger partial charge in [-0.1, -0.05) is 0 Å². The molecule has 0 bridgehead atoms. The number of methoxy groups -OCH3 is 1. The molecule has 0 aliphatic heterocycles. The van der Waals surface area contributed by atoms with Crippen molar-refractivity contribution in [2.75, 3.05) is 13.7 Å². The second-order valence-corrected chi connectivity index (χ2v) is 4.08. The summed E-state index contributed by atoms with van der Waals surface area (Å²) in [6, 6.07) is 4.04. The average Bonchev–Trinajstić information content (AvgIpc) is 2.99. The molecule has 9 heteroatoms. The summed E-state index contributed by atoms with van der Waals surface area (Å²) in [5.41, 5.74) is -0.0551. The molecular formula is C12H13N5O4. The number of aromatic amines is 1. The third-order valence-electron chi connectivity index (χ3n) is 2.75. The van der Waals surface area contributed by atoms with E-state index in [4.69, 9.17) is 4.74 Å². The minimum absolute atomic E-state index is 0.109. The van der Waals surface area contributed by atoms with Crippen molar-refractivity contribution in [3.8, 4) is 5.75 Å². The first-order chi connectivity index (χ1) is 10.1. The van der Waals surface area contributed by atoms with Crippen LogP contribution in [-0.4, -0.2) is 39.7 Å². The number of amides is 1. The summed E-state index contributed by atoms with van der Waals surface area (Å²) in [5.74, 6) is 0.356. The SMILES string of the molecule is COc1ccc(C(=O)NCCc2ncn[nH]2)cc1[N+](=O)[O-]. The van der Waals surface area contributed by atoms with E-state index in [1.54, 1.807) is 0 Å². The molecule has 0 aliphatic carbocycles. The van der Waals surface area contributed by atoms with E-state index in [1.165, 1.54) is 31.6 Å². The van der Waals surface area contributed by atoms with E-state index in [-0.39, 0.29) is 17.0 Å². The zero-order valence-electron chi connectivity index (χ0n) is 11.2. The van der Waals surface area contributed by atoms with E-state index >= 15 is 0 Å². The van der Waals surface area contributed by atoms with Crippen molar-refractivity contribution >= 4 is 11.6 Å². The van der Waals surface area contributed by atoms with Crippen LogP contribution < -0.4 is 10.1 Å².